The smallest absolute Gasteiger partial charge is 0.234 e. The number of benzene rings is 1. The highest BCUT2D eigenvalue weighted by molar-refractivity contribution is 7.80. The number of hydrogen-bond acceptors (Lipinski definition) is 6. The van der Waals surface area contributed by atoms with Crippen LogP contribution in [0.5, 0.6) is 11.6 Å². The van der Waals surface area contributed by atoms with Crippen LogP contribution in [0.3, 0.4) is 0 Å². The van der Waals surface area contributed by atoms with Gasteiger partial charge in [-0.15, -0.1) is 0 Å². The molecule has 2 heterocycles. The highest BCUT2D eigenvalue weighted by Gasteiger charge is 2.19. The van der Waals surface area contributed by atoms with Gasteiger partial charge in [-0.05, 0) is 48.7 Å². The molecule has 1 aromatic heterocycles. The summed E-state index contributed by atoms with van der Waals surface area (Å²) >= 11 is 5.40. The molecule has 0 radical (unpaired) electrons. The fourth-order valence-electron chi connectivity index (χ4n) is 3.04. The summed E-state index contributed by atoms with van der Waals surface area (Å²) in [5.41, 5.74) is 1.10. The maximum Gasteiger partial charge on any atom is 0.234 e. The number of aromatic nitrogens is 2. The molecule has 0 amide bonds. The third kappa shape index (κ3) is 5.45. The molecule has 1 saturated heterocycles. The fourth-order valence-corrected chi connectivity index (χ4v) is 3.21. The summed E-state index contributed by atoms with van der Waals surface area (Å²) in [5.74, 6) is 3.39. The first-order valence-electron chi connectivity index (χ1n) is 9.43. The van der Waals surface area contributed by atoms with Crippen molar-refractivity contribution in [2.75, 3.05) is 37.5 Å². The molecule has 1 aromatic carbocycles. The lowest BCUT2D eigenvalue weighted by atomic mass is 9.99. The molecule has 7 nitrogen and oxygen atoms in total. The van der Waals surface area contributed by atoms with Crippen LogP contribution < -0.4 is 25.0 Å². The van der Waals surface area contributed by atoms with Crippen LogP contribution in [0, 0.1) is 5.92 Å². The van der Waals surface area contributed by atoms with Crippen molar-refractivity contribution in [2.24, 2.45) is 5.92 Å². The molecule has 2 N–H and O–H groups in total. The van der Waals surface area contributed by atoms with Crippen LogP contribution in [-0.2, 0) is 6.54 Å². The number of methoxy groups -OCH3 is 2. The van der Waals surface area contributed by atoms with Gasteiger partial charge in [0.15, 0.2) is 5.11 Å². The minimum absolute atomic E-state index is 0.431. The highest BCUT2D eigenvalue weighted by Crippen LogP contribution is 2.25. The first-order chi connectivity index (χ1) is 13.6. The third-order valence-corrected chi connectivity index (χ3v) is 5.09. The minimum atomic E-state index is 0.431. The van der Waals surface area contributed by atoms with Crippen molar-refractivity contribution in [1.82, 2.24) is 15.3 Å². The lowest BCUT2D eigenvalue weighted by Gasteiger charge is -2.31. The van der Waals surface area contributed by atoms with Crippen LogP contribution in [0.25, 0.3) is 0 Å². The van der Waals surface area contributed by atoms with Crippen molar-refractivity contribution in [3.63, 3.8) is 0 Å². The second kappa shape index (κ2) is 9.54. The SMILES string of the molecule is COc1ccc(CNC(=S)Nc2nc(OC)cc(N3CCC(C)CC3)n2)cc1. The van der Waals surface area contributed by atoms with Crippen LogP contribution in [0.4, 0.5) is 11.8 Å². The molecule has 28 heavy (non-hydrogen) atoms. The zero-order valence-corrected chi connectivity index (χ0v) is 17.4. The summed E-state index contributed by atoms with van der Waals surface area (Å²) in [7, 11) is 3.26. The van der Waals surface area contributed by atoms with Gasteiger partial charge >= 0.3 is 0 Å². The van der Waals surface area contributed by atoms with E-state index in [2.05, 4.69) is 32.4 Å². The van der Waals surface area contributed by atoms with Gasteiger partial charge in [0.2, 0.25) is 11.8 Å². The molecule has 0 saturated carbocycles. The van der Waals surface area contributed by atoms with Gasteiger partial charge in [0, 0.05) is 25.7 Å². The van der Waals surface area contributed by atoms with Gasteiger partial charge in [-0.25, -0.2) is 0 Å². The number of nitrogens with zero attached hydrogens (tertiary/aromatic N) is 3. The Bertz CT molecular complexity index is 792. The molecule has 0 bridgehead atoms. The van der Waals surface area contributed by atoms with Gasteiger partial charge in [-0.1, -0.05) is 19.1 Å². The Morgan fingerprint density at radius 1 is 1.14 bits per heavy atom. The van der Waals surface area contributed by atoms with Crippen molar-refractivity contribution in [3.05, 3.63) is 35.9 Å². The quantitative estimate of drug-likeness (QED) is 0.715. The maximum absolute atomic E-state index is 5.40. The number of anilines is 2. The number of nitrogens with one attached hydrogen (secondary N) is 2. The minimum Gasteiger partial charge on any atom is -0.497 e. The van der Waals surface area contributed by atoms with Crippen molar-refractivity contribution >= 4 is 29.1 Å². The Morgan fingerprint density at radius 2 is 1.86 bits per heavy atom. The normalized spacial score (nSPS) is 14.5. The Kier molecular flexibility index (Phi) is 6.86. The molecule has 0 atom stereocenters. The van der Waals surface area contributed by atoms with Crippen LogP contribution in [-0.4, -0.2) is 42.4 Å². The summed E-state index contributed by atoms with van der Waals surface area (Å²) in [6, 6.07) is 9.70. The van der Waals surface area contributed by atoms with Gasteiger partial charge in [0.1, 0.15) is 11.6 Å². The van der Waals surface area contributed by atoms with E-state index in [0.717, 1.165) is 49.0 Å². The van der Waals surface area contributed by atoms with Crippen LogP contribution in [0.1, 0.15) is 25.3 Å². The number of thiocarbonyl (C=S) groups is 1. The predicted octanol–water partition coefficient (Wildman–Crippen LogP) is 3.22. The summed E-state index contributed by atoms with van der Waals surface area (Å²) < 4.78 is 10.5. The molecule has 1 fully saturated rings. The monoisotopic (exact) mass is 401 g/mol. The van der Waals surface area contributed by atoms with E-state index in [1.54, 1.807) is 14.2 Å². The first-order valence-corrected chi connectivity index (χ1v) is 9.84. The van der Waals surface area contributed by atoms with E-state index < -0.39 is 0 Å². The average molecular weight is 402 g/mol. The zero-order valence-electron chi connectivity index (χ0n) is 16.6. The molecule has 0 unspecified atom stereocenters. The van der Waals surface area contributed by atoms with E-state index in [4.69, 9.17) is 21.7 Å². The number of rotatable bonds is 6. The Balaban J connectivity index is 1.61. The van der Waals surface area contributed by atoms with E-state index in [9.17, 15) is 0 Å². The number of hydrogen-bond donors (Lipinski definition) is 2. The van der Waals surface area contributed by atoms with E-state index >= 15 is 0 Å². The molecule has 2 aromatic rings. The molecule has 1 aliphatic heterocycles. The fraction of sp³-hybridized carbons (Fsp3) is 0.450. The Labute approximate surface area is 171 Å². The largest absolute Gasteiger partial charge is 0.497 e. The predicted molar refractivity (Wildman–Crippen MR) is 115 cm³/mol. The van der Waals surface area contributed by atoms with Crippen molar-refractivity contribution in [2.45, 2.75) is 26.3 Å². The second-order valence-corrected chi connectivity index (χ2v) is 7.33. The van der Waals surface area contributed by atoms with Gasteiger partial charge < -0.3 is 25.0 Å². The summed E-state index contributed by atoms with van der Waals surface area (Å²) in [5, 5.41) is 6.70. The van der Waals surface area contributed by atoms with Crippen LogP contribution >= 0.6 is 12.2 Å². The molecule has 1 aliphatic rings. The zero-order chi connectivity index (χ0) is 19.9. The van der Waals surface area contributed by atoms with Gasteiger partial charge in [0.25, 0.3) is 0 Å². The Morgan fingerprint density at radius 3 is 2.50 bits per heavy atom. The number of ether oxygens (including phenoxy) is 2. The van der Waals surface area contributed by atoms with Crippen LogP contribution in [0.2, 0.25) is 0 Å². The third-order valence-electron chi connectivity index (χ3n) is 4.84. The second-order valence-electron chi connectivity index (χ2n) is 6.92. The number of piperidine rings is 1. The molecular formula is C20H27N5O2S. The van der Waals surface area contributed by atoms with Crippen molar-refractivity contribution in [3.8, 4) is 11.6 Å². The standard InChI is InChI=1S/C20H27N5O2S/c1-14-8-10-25(11-9-14)17-12-18(27-3)23-19(22-17)24-20(28)21-13-15-4-6-16(26-2)7-5-15/h4-7,12,14H,8-11,13H2,1-3H3,(H2,21,22,23,24,28). The molecule has 0 spiro atoms. The molecule has 8 heteroatoms. The Hall–Kier alpha value is -2.61. The average Bonchev–Trinajstić information content (AvgIpc) is 2.73. The topological polar surface area (TPSA) is 71.5 Å². The maximum atomic E-state index is 5.40. The first kappa shape index (κ1) is 20.1. The van der Waals surface area contributed by atoms with E-state index in [1.165, 1.54) is 0 Å². The van der Waals surface area contributed by atoms with Gasteiger partial charge in [-0.3, -0.25) is 0 Å². The molecular weight excluding hydrogens is 374 g/mol. The summed E-state index contributed by atoms with van der Waals surface area (Å²) in [6.07, 6.45) is 2.33. The van der Waals surface area contributed by atoms with Crippen molar-refractivity contribution < 1.29 is 9.47 Å². The highest BCUT2D eigenvalue weighted by atomic mass is 32.1. The summed E-state index contributed by atoms with van der Waals surface area (Å²) in [6.45, 7) is 4.86. The van der Waals surface area contributed by atoms with Gasteiger partial charge in [0.05, 0.1) is 14.2 Å². The van der Waals surface area contributed by atoms with E-state index in [-0.39, 0.29) is 0 Å². The van der Waals surface area contributed by atoms with Crippen LogP contribution in [0.15, 0.2) is 30.3 Å². The molecule has 3 rings (SSSR count). The van der Waals surface area contributed by atoms with Crippen molar-refractivity contribution in [1.29, 1.82) is 0 Å². The summed E-state index contributed by atoms with van der Waals surface area (Å²) in [4.78, 5) is 11.3. The lowest BCUT2D eigenvalue weighted by molar-refractivity contribution is 0.396. The van der Waals surface area contributed by atoms with E-state index in [0.29, 0.717) is 23.5 Å². The molecule has 0 aliphatic carbocycles. The van der Waals surface area contributed by atoms with E-state index in [1.807, 2.05) is 30.3 Å². The lowest BCUT2D eigenvalue weighted by Crippen LogP contribution is -2.34. The van der Waals surface area contributed by atoms with Gasteiger partial charge in [-0.2, -0.15) is 9.97 Å². The molecule has 150 valence electrons.